The molecule has 6 heteroatoms. The lowest BCUT2D eigenvalue weighted by molar-refractivity contribution is -0.142. The molecule has 1 aliphatic rings. The predicted molar refractivity (Wildman–Crippen MR) is 83.2 cm³/mol. The van der Waals surface area contributed by atoms with Crippen molar-refractivity contribution in [1.29, 1.82) is 0 Å². The number of carbonyl (C=O) groups excluding carboxylic acids is 2. The van der Waals surface area contributed by atoms with Crippen molar-refractivity contribution < 1.29 is 19.5 Å². The molecule has 22 heavy (non-hydrogen) atoms. The van der Waals surface area contributed by atoms with Gasteiger partial charge in [0.25, 0.3) is 0 Å². The van der Waals surface area contributed by atoms with Gasteiger partial charge in [0.15, 0.2) is 0 Å². The molecule has 3 N–H and O–H groups in total. The number of nitrogens with one attached hydrogen (secondary N) is 2. The first-order valence-electron chi connectivity index (χ1n) is 7.87. The van der Waals surface area contributed by atoms with E-state index in [1.54, 1.807) is 13.0 Å². The van der Waals surface area contributed by atoms with Crippen LogP contribution >= 0.6 is 0 Å². The molecule has 2 atom stereocenters. The fourth-order valence-electron chi connectivity index (χ4n) is 2.67. The summed E-state index contributed by atoms with van der Waals surface area (Å²) in [4.78, 5) is 34.9. The molecule has 0 radical (unpaired) electrons. The summed E-state index contributed by atoms with van der Waals surface area (Å²) < 4.78 is 0. The molecule has 0 aromatic carbocycles. The number of aliphatic carboxylic acids is 1. The Morgan fingerprint density at radius 2 is 1.91 bits per heavy atom. The third-order valence-corrected chi connectivity index (χ3v) is 3.90. The van der Waals surface area contributed by atoms with Crippen molar-refractivity contribution in [2.75, 3.05) is 0 Å². The highest BCUT2D eigenvalue weighted by Crippen LogP contribution is 2.24. The van der Waals surface area contributed by atoms with Crippen LogP contribution in [-0.4, -0.2) is 35.0 Å². The van der Waals surface area contributed by atoms with Crippen LogP contribution in [0.3, 0.4) is 0 Å². The zero-order valence-corrected chi connectivity index (χ0v) is 13.1. The van der Waals surface area contributed by atoms with Crippen LogP contribution in [0.2, 0.25) is 0 Å². The summed E-state index contributed by atoms with van der Waals surface area (Å²) >= 11 is 0. The molecule has 1 aliphatic carbocycles. The normalized spacial score (nSPS) is 17.5. The van der Waals surface area contributed by atoms with Gasteiger partial charge in [0, 0.05) is 18.4 Å². The first-order chi connectivity index (χ1) is 10.4. The molecule has 0 spiro atoms. The SMILES string of the molecule is C=CCCC(NC(=O)CC(C)NC(=O)C1CCCC1)C(=O)O. The zero-order chi connectivity index (χ0) is 16.5. The summed E-state index contributed by atoms with van der Waals surface area (Å²) in [5, 5.41) is 14.4. The van der Waals surface area contributed by atoms with Gasteiger partial charge in [-0.25, -0.2) is 4.79 Å². The molecule has 1 rings (SSSR count). The molecule has 124 valence electrons. The van der Waals surface area contributed by atoms with Crippen LogP contribution in [0, 0.1) is 5.92 Å². The van der Waals surface area contributed by atoms with E-state index < -0.39 is 12.0 Å². The first kappa shape index (κ1) is 18.2. The van der Waals surface area contributed by atoms with Crippen LogP contribution in [0.4, 0.5) is 0 Å². The van der Waals surface area contributed by atoms with Crippen LogP contribution in [0.25, 0.3) is 0 Å². The van der Waals surface area contributed by atoms with Crippen LogP contribution < -0.4 is 10.6 Å². The van der Waals surface area contributed by atoms with E-state index >= 15 is 0 Å². The number of allylic oxidation sites excluding steroid dienone is 1. The number of carbonyl (C=O) groups is 3. The van der Waals surface area contributed by atoms with E-state index in [1.165, 1.54) is 0 Å². The average molecular weight is 310 g/mol. The van der Waals surface area contributed by atoms with E-state index in [0.717, 1.165) is 25.7 Å². The molecule has 0 saturated heterocycles. The summed E-state index contributed by atoms with van der Waals surface area (Å²) in [5.41, 5.74) is 0. The van der Waals surface area contributed by atoms with Gasteiger partial charge in [-0.2, -0.15) is 0 Å². The third kappa shape index (κ3) is 6.28. The van der Waals surface area contributed by atoms with Crippen LogP contribution in [0.1, 0.15) is 51.9 Å². The Bertz CT molecular complexity index is 416. The minimum absolute atomic E-state index is 0.000702. The van der Waals surface area contributed by atoms with Gasteiger partial charge in [-0.3, -0.25) is 9.59 Å². The highest BCUT2D eigenvalue weighted by Gasteiger charge is 2.25. The topological polar surface area (TPSA) is 95.5 Å². The summed E-state index contributed by atoms with van der Waals surface area (Å²) in [6.07, 6.45) is 6.51. The lowest BCUT2D eigenvalue weighted by atomic mass is 10.1. The summed E-state index contributed by atoms with van der Waals surface area (Å²) in [6.45, 7) is 5.29. The molecule has 0 aromatic heterocycles. The number of hydrogen-bond donors (Lipinski definition) is 3. The minimum atomic E-state index is -1.06. The van der Waals surface area contributed by atoms with Gasteiger partial charge in [0.05, 0.1) is 0 Å². The van der Waals surface area contributed by atoms with E-state index in [4.69, 9.17) is 5.11 Å². The van der Waals surface area contributed by atoms with Gasteiger partial charge >= 0.3 is 5.97 Å². The highest BCUT2D eigenvalue weighted by molar-refractivity contribution is 5.84. The van der Waals surface area contributed by atoms with Crippen LogP contribution in [0.15, 0.2) is 12.7 Å². The van der Waals surface area contributed by atoms with E-state index in [2.05, 4.69) is 17.2 Å². The second-order valence-corrected chi connectivity index (χ2v) is 5.92. The van der Waals surface area contributed by atoms with Gasteiger partial charge in [-0.15, -0.1) is 6.58 Å². The lowest BCUT2D eigenvalue weighted by Gasteiger charge is -2.18. The number of carboxylic acids is 1. The molecule has 0 heterocycles. The van der Waals surface area contributed by atoms with Crippen molar-refractivity contribution in [2.45, 2.75) is 64.0 Å². The molecule has 2 amide bonds. The number of hydrogen-bond acceptors (Lipinski definition) is 3. The zero-order valence-electron chi connectivity index (χ0n) is 13.1. The van der Waals surface area contributed by atoms with E-state index in [9.17, 15) is 14.4 Å². The second-order valence-electron chi connectivity index (χ2n) is 5.92. The second kappa shape index (κ2) is 9.23. The van der Waals surface area contributed by atoms with Crippen molar-refractivity contribution in [3.8, 4) is 0 Å². The van der Waals surface area contributed by atoms with E-state index in [1.807, 2.05) is 0 Å². The molecule has 6 nitrogen and oxygen atoms in total. The average Bonchev–Trinajstić information content (AvgIpc) is 2.96. The Morgan fingerprint density at radius 3 is 2.45 bits per heavy atom. The largest absolute Gasteiger partial charge is 0.480 e. The molecule has 1 fully saturated rings. The first-order valence-corrected chi connectivity index (χ1v) is 7.87. The number of rotatable bonds is 9. The van der Waals surface area contributed by atoms with Gasteiger partial charge in [-0.05, 0) is 32.6 Å². The standard InChI is InChI=1S/C16H26N2O4/c1-3-4-9-13(16(21)22)18-14(19)10-11(2)17-15(20)12-7-5-6-8-12/h3,11-13H,1,4-10H2,2H3,(H,17,20)(H,18,19)(H,21,22). The molecule has 0 aromatic rings. The maximum Gasteiger partial charge on any atom is 0.326 e. The van der Waals surface area contributed by atoms with Crippen LogP contribution in [0.5, 0.6) is 0 Å². The van der Waals surface area contributed by atoms with Crippen LogP contribution in [-0.2, 0) is 14.4 Å². The van der Waals surface area contributed by atoms with Gasteiger partial charge in [0.1, 0.15) is 6.04 Å². The third-order valence-electron chi connectivity index (χ3n) is 3.90. The number of carboxylic acid groups (broad SMARTS) is 1. The molecule has 0 aliphatic heterocycles. The Balaban J connectivity index is 2.36. The molecule has 2 unspecified atom stereocenters. The quantitative estimate of drug-likeness (QED) is 0.564. The Hall–Kier alpha value is -1.85. The van der Waals surface area contributed by atoms with Crippen molar-refractivity contribution in [3.05, 3.63) is 12.7 Å². The van der Waals surface area contributed by atoms with E-state index in [0.29, 0.717) is 12.8 Å². The summed E-state index contributed by atoms with van der Waals surface area (Å²) in [7, 11) is 0. The van der Waals surface area contributed by atoms with Gasteiger partial charge < -0.3 is 15.7 Å². The maximum atomic E-state index is 12.0. The van der Waals surface area contributed by atoms with Gasteiger partial charge in [0.2, 0.25) is 11.8 Å². The fraction of sp³-hybridized carbons (Fsp3) is 0.688. The monoisotopic (exact) mass is 310 g/mol. The summed E-state index contributed by atoms with van der Waals surface area (Å²) in [5.74, 6) is -1.36. The molecular formula is C16H26N2O4. The Kier molecular flexibility index (Phi) is 7.63. The number of amides is 2. The predicted octanol–water partition coefficient (Wildman–Crippen LogP) is 1.61. The van der Waals surface area contributed by atoms with Crippen molar-refractivity contribution in [2.24, 2.45) is 5.92 Å². The molecule has 1 saturated carbocycles. The fourth-order valence-corrected chi connectivity index (χ4v) is 2.67. The maximum absolute atomic E-state index is 12.0. The Labute approximate surface area is 131 Å². The highest BCUT2D eigenvalue weighted by atomic mass is 16.4. The molecule has 0 bridgehead atoms. The summed E-state index contributed by atoms with van der Waals surface area (Å²) in [6, 6.07) is -1.22. The Morgan fingerprint density at radius 1 is 1.27 bits per heavy atom. The van der Waals surface area contributed by atoms with Crippen molar-refractivity contribution in [1.82, 2.24) is 10.6 Å². The van der Waals surface area contributed by atoms with Crippen molar-refractivity contribution >= 4 is 17.8 Å². The lowest BCUT2D eigenvalue weighted by Crippen LogP contribution is -2.44. The van der Waals surface area contributed by atoms with Crippen molar-refractivity contribution in [3.63, 3.8) is 0 Å². The van der Waals surface area contributed by atoms with Gasteiger partial charge in [-0.1, -0.05) is 18.9 Å². The van der Waals surface area contributed by atoms with E-state index in [-0.39, 0.29) is 30.2 Å². The minimum Gasteiger partial charge on any atom is -0.480 e. The smallest absolute Gasteiger partial charge is 0.326 e. The molecular weight excluding hydrogens is 284 g/mol.